The molecule has 0 aromatic heterocycles. The van der Waals surface area contributed by atoms with Crippen molar-refractivity contribution in [3.05, 3.63) is 69.9 Å². The number of carbonyl (C=O) groups is 6. The third-order valence-corrected chi connectivity index (χ3v) is 14.0. The predicted molar refractivity (Wildman–Crippen MR) is 274 cm³/mol. The van der Waals surface area contributed by atoms with E-state index >= 15 is 0 Å². The van der Waals surface area contributed by atoms with Crippen LogP contribution in [-0.2, 0) is 90.3 Å². The lowest BCUT2D eigenvalue weighted by Crippen LogP contribution is -2.68. The molecule has 9 unspecified atom stereocenters. The highest BCUT2D eigenvalue weighted by Crippen LogP contribution is 2.37. The molecule has 27 nitrogen and oxygen atoms in total. The van der Waals surface area contributed by atoms with Crippen molar-refractivity contribution in [1.29, 1.82) is 0 Å². The fourth-order valence-electron chi connectivity index (χ4n) is 8.01. The maximum atomic E-state index is 13.3. The molecular formula is C54H78O27. The molecule has 81 heavy (non-hydrogen) atoms. The van der Waals surface area contributed by atoms with Crippen LogP contribution in [0.5, 0.6) is 0 Å². The van der Waals surface area contributed by atoms with E-state index in [9.17, 15) is 69.6 Å². The van der Waals surface area contributed by atoms with Crippen molar-refractivity contribution in [2.24, 2.45) is 0 Å². The molecule has 0 saturated carbocycles. The minimum atomic E-state index is -2.23. The number of rotatable bonds is 22. The molecule has 0 aliphatic carbocycles. The maximum absolute atomic E-state index is 13.3. The van der Waals surface area contributed by atoms with Gasteiger partial charge in [-0.05, 0) is 83.1 Å². The first-order valence-corrected chi connectivity index (χ1v) is 26.1. The van der Waals surface area contributed by atoms with Gasteiger partial charge in [0.15, 0.2) is 49.6 Å². The molecule has 0 spiro atoms. The number of hydrogen-bond acceptors (Lipinski definition) is 27. The Labute approximate surface area is 468 Å². The maximum Gasteiger partial charge on any atom is 0.333 e. The van der Waals surface area contributed by atoms with Crippen molar-refractivity contribution in [3.8, 4) is 0 Å². The van der Waals surface area contributed by atoms with Crippen LogP contribution in [0.1, 0.15) is 83.1 Å². The normalized spacial score (nSPS) is 35.6. The molecule has 0 amide bonds. The molecule has 0 aromatic rings. The molecule has 0 bridgehead atoms. The van der Waals surface area contributed by atoms with Gasteiger partial charge in [-0.15, -0.1) is 0 Å². The Morgan fingerprint density at radius 2 is 0.593 bits per heavy atom. The Morgan fingerprint density at radius 3 is 0.864 bits per heavy atom. The lowest BCUT2D eigenvalue weighted by molar-refractivity contribution is -0.414. The Morgan fingerprint density at radius 1 is 0.333 bits per heavy atom. The smallest absolute Gasteiger partial charge is 0.333 e. The third-order valence-electron chi connectivity index (χ3n) is 14.0. The molecule has 4 fully saturated rings. The van der Waals surface area contributed by atoms with Crippen LogP contribution >= 0.6 is 0 Å². The fourth-order valence-corrected chi connectivity index (χ4v) is 8.01. The summed E-state index contributed by atoms with van der Waals surface area (Å²) in [4.78, 5) is 78.5. The summed E-state index contributed by atoms with van der Waals surface area (Å²) in [5.41, 5.74) is 0.484. The van der Waals surface area contributed by atoms with E-state index in [0.717, 1.165) is 0 Å². The molecule has 4 aliphatic rings. The van der Waals surface area contributed by atoms with E-state index in [1.54, 1.807) is 13.8 Å². The number of esters is 6. The highest BCUT2D eigenvalue weighted by atomic mass is 16.8. The summed E-state index contributed by atoms with van der Waals surface area (Å²) >= 11 is 0. The summed E-state index contributed by atoms with van der Waals surface area (Å²) < 4.78 is 75.9. The number of carbonyl (C=O) groups excluding carboxylic acids is 6. The third kappa shape index (κ3) is 16.9. The molecule has 8 N–H and O–H groups in total. The van der Waals surface area contributed by atoms with Crippen LogP contribution in [0.2, 0.25) is 0 Å². The Kier molecular flexibility index (Phi) is 26.4. The summed E-state index contributed by atoms with van der Waals surface area (Å²) in [5, 5.41) is 92.4. The molecule has 27 heteroatoms. The van der Waals surface area contributed by atoms with Gasteiger partial charge in [-0.3, -0.25) is 0 Å². The van der Waals surface area contributed by atoms with E-state index in [1.165, 1.54) is 106 Å². The van der Waals surface area contributed by atoms with Gasteiger partial charge in [0.2, 0.25) is 0 Å². The molecule has 4 saturated heterocycles. The highest BCUT2D eigenvalue weighted by molar-refractivity contribution is 5.90. The fraction of sp³-hybridized carbons (Fsp3) is 0.667. The molecule has 456 valence electrons. The number of ether oxygens (including phenoxy) is 13. The first kappa shape index (κ1) is 68.2. The zero-order valence-corrected chi connectivity index (χ0v) is 47.2. The molecule has 0 aromatic carbocycles. The van der Waals surface area contributed by atoms with Crippen LogP contribution in [0.4, 0.5) is 0 Å². The number of hydrogen-bond donors (Lipinski definition) is 8. The summed E-state index contributed by atoms with van der Waals surface area (Å²) in [7, 11) is 0. The predicted octanol–water partition coefficient (Wildman–Crippen LogP) is -0.646. The molecule has 20 atom stereocenters. The van der Waals surface area contributed by atoms with Crippen LogP contribution in [0, 0.1) is 0 Å². The van der Waals surface area contributed by atoms with E-state index in [-0.39, 0.29) is 33.4 Å². The van der Waals surface area contributed by atoms with Crippen molar-refractivity contribution < 1.29 is 131 Å². The second-order valence-electron chi connectivity index (χ2n) is 19.3. The van der Waals surface area contributed by atoms with Gasteiger partial charge in [0, 0.05) is 33.4 Å². The zero-order chi connectivity index (χ0) is 60.7. The lowest BCUT2D eigenvalue weighted by atomic mass is 9.96. The van der Waals surface area contributed by atoms with E-state index in [0.29, 0.717) is 0 Å². The van der Waals surface area contributed by atoms with Gasteiger partial charge < -0.3 is 102 Å². The topological polar surface area (TPSA) is 384 Å². The van der Waals surface area contributed by atoms with Crippen LogP contribution in [0.15, 0.2) is 69.9 Å². The summed E-state index contributed by atoms with van der Waals surface area (Å²) in [6.07, 6.45) is -31.4. The first-order valence-electron chi connectivity index (χ1n) is 26.1. The SMILES string of the molecule is C/C=C(/C)C(=O)O[C@@H]1[C@H](O)C(O[C@@H]2C(O)C(O)C(COC(=O)/C(C)=C/C)O[C@H]2OC2OC(COC(=O)/C(C)=C/C)[C@@H](O)[C@@H](O)[C@H]2O[C@@H]2O[C@@H](CO)[C@@H](OC(=O)/C(C)=C\C)C(OC(=O)/C(C)=C/C)C2O)OC(CO)[C@H]1OC(=O)/C(C)=C/C. The largest absolute Gasteiger partial charge is 0.459 e. The quantitative estimate of drug-likeness (QED) is 0.0379. The number of aliphatic hydroxyl groups excluding tert-OH is 8. The standard InChI is InChI=1S/C54H78O27/c1-13-23(7)45(63)69-21-31-33(57)35(59)43(79-51-37(61)41(77-49(67)27(11)17-5)39(29(19-55)71-51)75-47(65)25(9)15-3)53(73-31)81-54-44(36(60)34(58)32(74-54)22-70-46(64)24(8)14-2)80-52-38(62)42(78-50(68)28(12)18-6)40(30(20-56)72-52)76-48(66)26(10)16-4/h13-18,29-44,51-62H,19-22H2,1-12H3/b23-13+,24-14+,25-15-,26-16+,27-17+,28-18-/t29-,30?,31?,32?,33+,34?,35+,36?,37?,38-,39+,40+,41?,42+,43+,44+,51-,52?,53?,54-/m0/s1. The van der Waals surface area contributed by atoms with Gasteiger partial charge in [0.1, 0.15) is 86.5 Å². The van der Waals surface area contributed by atoms with E-state index in [2.05, 4.69) is 0 Å². The van der Waals surface area contributed by atoms with Crippen LogP contribution < -0.4 is 0 Å². The average molecular weight is 1160 g/mol. The molecule has 4 rings (SSSR count). The lowest BCUT2D eigenvalue weighted by Gasteiger charge is -2.49. The van der Waals surface area contributed by atoms with Gasteiger partial charge in [-0.1, -0.05) is 36.5 Å². The average Bonchev–Trinajstić information content (AvgIpc) is 3.51. The Hall–Kier alpha value is -5.34. The molecular weight excluding hydrogens is 1080 g/mol. The van der Waals surface area contributed by atoms with Crippen LogP contribution in [-0.4, -0.2) is 226 Å². The van der Waals surface area contributed by atoms with Gasteiger partial charge in [-0.2, -0.15) is 0 Å². The Balaban J connectivity index is 1.88. The molecule has 4 heterocycles. The number of aliphatic hydroxyl groups is 8. The van der Waals surface area contributed by atoms with Crippen molar-refractivity contribution in [2.45, 2.75) is 206 Å². The highest BCUT2D eigenvalue weighted by Gasteiger charge is 2.58. The van der Waals surface area contributed by atoms with Crippen LogP contribution in [0.3, 0.4) is 0 Å². The van der Waals surface area contributed by atoms with Gasteiger partial charge >= 0.3 is 35.8 Å². The molecule has 4 aliphatic heterocycles. The van der Waals surface area contributed by atoms with Gasteiger partial charge in [0.05, 0.1) is 13.2 Å². The van der Waals surface area contributed by atoms with Crippen molar-refractivity contribution >= 4 is 35.8 Å². The zero-order valence-electron chi connectivity index (χ0n) is 47.2. The van der Waals surface area contributed by atoms with Crippen LogP contribution in [0.25, 0.3) is 0 Å². The van der Waals surface area contributed by atoms with E-state index < -0.39 is 185 Å². The summed E-state index contributed by atoms with van der Waals surface area (Å²) in [6.45, 7) is 14.1. The minimum Gasteiger partial charge on any atom is -0.459 e. The minimum absolute atomic E-state index is 0.0353. The second kappa shape index (κ2) is 31.4. The van der Waals surface area contributed by atoms with Crippen molar-refractivity contribution in [2.75, 3.05) is 26.4 Å². The summed E-state index contributed by atoms with van der Waals surface area (Å²) in [6, 6.07) is 0. The number of allylic oxidation sites excluding steroid dienone is 6. The second-order valence-corrected chi connectivity index (χ2v) is 19.3. The molecule has 0 radical (unpaired) electrons. The van der Waals surface area contributed by atoms with E-state index in [1.807, 2.05) is 0 Å². The van der Waals surface area contributed by atoms with Gasteiger partial charge in [-0.25, -0.2) is 28.8 Å². The van der Waals surface area contributed by atoms with Gasteiger partial charge in [0.25, 0.3) is 0 Å². The van der Waals surface area contributed by atoms with Crippen molar-refractivity contribution in [1.82, 2.24) is 0 Å². The Bertz CT molecular complexity index is 2210. The first-order chi connectivity index (χ1) is 38.3. The van der Waals surface area contributed by atoms with Crippen molar-refractivity contribution in [3.63, 3.8) is 0 Å². The monoisotopic (exact) mass is 1160 g/mol. The summed E-state index contributed by atoms with van der Waals surface area (Å²) in [5.74, 6) is -5.68. The van der Waals surface area contributed by atoms with E-state index in [4.69, 9.17) is 61.6 Å².